The first-order chi connectivity index (χ1) is 3.41. The Balaban J connectivity index is -0.0000000147. The highest BCUT2D eigenvalue weighted by atomic mass is 35.5. The van der Waals surface area contributed by atoms with E-state index in [0.717, 1.165) is 7.11 Å². The molecule has 0 aliphatic carbocycles. The second-order valence-electron chi connectivity index (χ2n) is 0.105. The van der Waals surface area contributed by atoms with Crippen molar-refractivity contribution in [2.75, 3.05) is 13.5 Å². The minimum absolute atomic E-state index is 0. The highest BCUT2D eigenvalue weighted by molar-refractivity contribution is 6.15. The van der Waals surface area contributed by atoms with Gasteiger partial charge >= 0.3 is 0 Å². The lowest BCUT2D eigenvalue weighted by Gasteiger charge is -1.34. The second-order valence-corrected chi connectivity index (χ2v) is 0.105. The third-order valence-electron chi connectivity index (χ3n) is 0. The molecule has 0 aromatic carbocycles. The maximum atomic E-state index is 8.36. The highest BCUT2D eigenvalue weighted by Gasteiger charge is 1.22. The molecule has 0 rings (SSSR count). The summed E-state index contributed by atoms with van der Waals surface area (Å²) >= 11 is 4.64. The van der Waals surface area contributed by atoms with Crippen molar-refractivity contribution < 1.29 is 20.5 Å². The standard InChI is InChI=1S/CH3Cl.CH2O2.CH4O.H2O/c1-2;2-1-3;1-2;/h1H3;1H,(H,2,3);2H,1H3;1H2. The van der Waals surface area contributed by atoms with Gasteiger partial charge in [0.25, 0.3) is 6.47 Å². The zero-order valence-corrected chi connectivity index (χ0v) is 5.51. The highest BCUT2D eigenvalue weighted by Crippen LogP contribution is 1.34. The smallest absolute Gasteiger partial charge is 0.290 e. The maximum Gasteiger partial charge on any atom is 0.290 e. The Hall–Kier alpha value is -0.320. The Morgan fingerprint density at radius 1 is 1.38 bits per heavy atom. The number of aliphatic hydroxyl groups excluding tert-OH is 1. The number of halogens is 1. The number of rotatable bonds is 0. The molecule has 0 bridgehead atoms. The third-order valence-corrected chi connectivity index (χ3v) is 0. The Bertz CT molecular complexity index is 18.8. The molecule has 0 unspecified atom stereocenters. The van der Waals surface area contributed by atoms with Crippen LogP contribution in [-0.2, 0) is 4.79 Å². The third kappa shape index (κ3) is 1210. The van der Waals surface area contributed by atoms with Crippen LogP contribution in [0.3, 0.4) is 0 Å². The predicted octanol–water partition coefficient (Wildman–Crippen LogP) is -0.660. The van der Waals surface area contributed by atoms with Gasteiger partial charge in [0.05, 0.1) is 0 Å². The first-order valence-electron chi connectivity index (χ1n) is 1.32. The maximum absolute atomic E-state index is 8.36. The molecule has 0 saturated carbocycles. The number of aliphatic hydroxyl groups is 1. The molecule has 0 aromatic rings. The number of hydrogen-bond donors (Lipinski definition) is 2. The average molecular weight is 147 g/mol. The molecule has 0 aromatic heterocycles. The Morgan fingerprint density at radius 2 is 1.38 bits per heavy atom. The van der Waals surface area contributed by atoms with Gasteiger partial charge in [-0.05, 0) is 0 Å². The summed E-state index contributed by atoms with van der Waals surface area (Å²) in [5.74, 6) is 0. The average Bonchev–Trinajstić information content (AvgIpc) is 1.78. The summed E-state index contributed by atoms with van der Waals surface area (Å²) < 4.78 is 0. The van der Waals surface area contributed by atoms with E-state index >= 15 is 0 Å². The fourth-order valence-electron chi connectivity index (χ4n) is 0. The minimum Gasteiger partial charge on any atom is -0.483 e. The number of carboxylic acid groups (broad SMARTS) is 1. The van der Waals surface area contributed by atoms with Crippen LogP contribution < -0.4 is 0 Å². The van der Waals surface area contributed by atoms with Gasteiger partial charge in [-0.25, -0.2) is 0 Å². The van der Waals surface area contributed by atoms with Gasteiger partial charge in [-0.2, -0.15) is 0 Å². The Labute approximate surface area is 53.0 Å². The van der Waals surface area contributed by atoms with Crippen LogP contribution in [0, 0.1) is 0 Å². The van der Waals surface area contributed by atoms with Gasteiger partial charge in [0.1, 0.15) is 0 Å². The van der Waals surface area contributed by atoms with Gasteiger partial charge in [0.15, 0.2) is 0 Å². The molecule has 0 spiro atoms. The molecule has 0 aliphatic rings. The number of alkyl halides is 1. The molecule has 0 aliphatic heterocycles. The quantitative estimate of drug-likeness (QED) is 0.351. The Morgan fingerprint density at radius 3 is 1.38 bits per heavy atom. The van der Waals surface area contributed by atoms with E-state index in [0.29, 0.717) is 0 Å². The van der Waals surface area contributed by atoms with E-state index in [2.05, 4.69) is 11.6 Å². The van der Waals surface area contributed by atoms with Crippen LogP contribution >= 0.6 is 11.6 Å². The summed E-state index contributed by atoms with van der Waals surface area (Å²) in [5, 5.41) is 13.9. The van der Waals surface area contributed by atoms with Gasteiger partial charge in [-0.15, -0.1) is 11.6 Å². The lowest BCUT2D eigenvalue weighted by molar-refractivity contribution is -0.122. The molecule has 0 heterocycles. The molecule has 0 amide bonds. The molecule has 0 saturated heterocycles. The van der Waals surface area contributed by atoms with E-state index in [1.54, 1.807) is 0 Å². The molecule has 0 atom stereocenters. The van der Waals surface area contributed by atoms with E-state index in [9.17, 15) is 0 Å². The summed E-state index contributed by atoms with van der Waals surface area (Å²) in [5.41, 5.74) is 0. The van der Waals surface area contributed by atoms with Crippen LogP contribution in [0.2, 0.25) is 0 Å². The fourth-order valence-corrected chi connectivity index (χ4v) is 0. The van der Waals surface area contributed by atoms with Crippen molar-refractivity contribution in [2.24, 2.45) is 0 Å². The largest absolute Gasteiger partial charge is 0.483 e. The Kier molecular flexibility index (Phi) is 1470. The zero-order valence-electron chi connectivity index (χ0n) is 4.76. The number of carbonyl (C=O) groups is 1. The fraction of sp³-hybridized carbons (Fsp3) is 0.667. The van der Waals surface area contributed by atoms with Gasteiger partial charge in [-0.1, -0.05) is 0 Å². The topological polar surface area (TPSA) is 89.0 Å². The van der Waals surface area contributed by atoms with Crippen molar-refractivity contribution in [3.05, 3.63) is 0 Å². The van der Waals surface area contributed by atoms with E-state index in [1.165, 1.54) is 6.38 Å². The summed E-state index contributed by atoms with van der Waals surface area (Å²) in [6.45, 7) is -0.250. The first kappa shape index (κ1) is 25.3. The molecular formula is C3H11ClO4. The monoisotopic (exact) mass is 146 g/mol. The van der Waals surface area contributed by atoms with Crippen molar-refractivity contribution in [3.63, 3.8) is 0 Å². The van der Waals surface area contributed by atoms with E-state index in [1.807, 2.05) is 0 Å². The van der Waals surface area contributed by atoms with Crippen molar-refractivity contribution >= 4 is 18.1 Å². The van der Waals surface area contributed by atoms with Gasteiger partial charge in [0, 0.05) is 13.5 Å². The second kappa shape index (κ2) is 466. The normalized spacial score (nSPS) is 3.00. The molecule has 5 heteroatoms. The molecule has 8 heavy (non-hydrogen) atoms. The SMILES string of the molecule is CCl.CO.O.O=CO. The van der Waals surface area contributed by atoms with Crippen LogP contribution in [0.4, 0.5) is 0 Å². The van der Waals surface area contributed by atoms with Crippen molar-refractivity contribution in [1.82, 2.24) is 0 Å². The van der Waals surface area contributed by atoms with Gasteiger partial charge < -0.3 is 15.7 Å². The first-order valence-corrected chi connectivity index (χ1v) is 2.08. The van der Waals surface area contributed by atoms with Crippen LogP contribution in [0.1, 0.15) is 0 Å². The van der Waals surface area contributed by atoms with Gasteiger partial charge in [0.2, 0.25) is 0 Å². The zero-order chi connectivity index (χ0) is 6.71. The lowest BCUT2D eigenvalue weighted by Crippen LogP contribution is -1.49. The summed E-state index contributed by atoms with van der Waals surface area (Å²) in [6.07, 6.45) is 1.47. The molecule has 4 nitrogen and oxygen atoms in total. The lowest BCUT2D eigenvalue weighted by atomic mass is 11.7. The predicted molar refractivity (Wildman–Crippen MR) is 32.2 cm³/mol. The van der Waals surface area contributed by atoms with Crippen molar-refractivity contribution in [1.29, 1.82) is 0 Å². The number of hydrogen-bond acceptors (Lipinski definition) is 2. The van der Waals surface area contributed by atoms with Crippen LogP contribution in [-0.4, -0.2) is 35.7 Å². The molecule has 54 valence electrons. The van der Waals surface area contributed by atoms with Crippen LogP contribution in [0.5, 0.6) is 0 Å². The summed E-state index contributed by atoms with van der Waals surface area (Å²) in [6, 6.07) is 0. The minimum atomic E-state index is -0.250. The molecule has 4 N–H and O–H groups in total. The molecule has 0 radical (unpaired) electrons. The van der Waals surface area contributed by atoms with Crippen LogP contribution in [0.25, 0.3) is 0 Å². The molecular weight excluding hydrogens is 135 g/mol. The van der Waals surface area contributed by atoms with Gasteiger partial charge in [-0.3, -0.25) is 4.79 Å². The van der Waals surface area contributed by atoms with E-state index in [4.69, 9.17) is 15.0 Å². The van der Waals surface area contributed by atoms with Crippen molar-refractivity contribution in [3.8, 4) is 0 Å². The van der Waals surface area contributed by atoms with Crippen molar-refractivity contribution in [2.45, 2.75) is 0 Å². The summed E-state index contributed by atoms with van der Waals surface area (Å²) in [4.78, 5) is 8.36. The van der Waals surface area contributed by atoms with Crippen LogP contribution in [0.15, 0.2) is 0 Å². The molecule has 0 fully saturated rings. The van der Waals surface area contributed by atoms with E-state index in [-0.39, 0.29) is 11.9 Å². The van der Waals surface area contributed by atoms with E-state index < -0.39 is 0 Å². The summed E-state index contributed by atoms with van der Waals surface area (Å²) in [7, 11) is 1.00.